The van der Waals surface area contributed by atoms with Crippen LogP contribution in [0.3, 0.4) is 0 Å². The lowest BCUT2D eigenvalue weighted by atomic mass is 10.2. The number of carbonyl (C=O) groups excluding carboxylic acids is 1. The molecule has 0 unspecified atom stereocenters. The van der Waals surface area contributed by atoms with Gasteiger partial charge in [0, 0.05) is 13.2 Å². The average Bonchev–Trinajstić information content (AvgIpc) is 2.47. The number of sulfonamides is 1. The van der Waals surface area contributed by atoms with E-state index in [0.717, 1.165) is 0 Å². The Morgan fingerprint density at radius 3 is 2.83 bits per heavy atom. The molecular weight excluding hydrogens is 320 g/mol. The third kappa shape index (κ3) is 4.66. The second-order valence-electron chi connectivity index (χ2n) is 5.58. The Hall–Kier alpha value is -1.64. The van der Waals surface area contributed by atoms with Gasteiger partial charge in [-0.3, -0.25) is 4.79 Å². The molecule has 1 amide bonds. The summed E-state index contributed by atoms with van der Waals surface area (Å²) in [4.78, 5) is 11.7. The number of fused-ring (bicyclic) bond motifs is 1. The van der Waals surface area contributed by atoms with Crippen molar-refractivity contribution in [2.75, 3.05) is 18.5 Å². The van der Waals surface area contributed by atoms with Gasteiger partial charge in [0.25, 0.3) is 5.91 Å². The van der Waals surface area contributed by atoms with Crippen LogP contribution in [-0.2, 0) is 19.6 Å². The Morgan fingerprint density at radius 2 is 2.13 bits per heavy atom. The zero-order chi connectivity index (χ0) is 17.0. The highest BCUT2D eigenvalue weighted by Crippen LogP contribution is 2.31. The first-order chi connectivity index (χ1) is 10.8. The van der Waals surface area contributed by atoms with E-state index in [-0.39, 0.29) is 23.5 Å². The highest BCUT2D eigenvalue weighted by atomic mass is 32.2. The van der Waals surface area contributed by atoms with Gasteiger partial charge in [0.15, 0.2) is 6.10 Å². The largest absolute Gasteiger partial charge is 0.479 e. The summed E-state index contributed by atoms with van der Waals surface area (Å²) in [6.45, 7) is 6.25. The van der Waals surface area contributed by atoms with Gasteiger partial charge in [0.1, 0.15) is 5.75 Å². The van der Waals surface area contributed by atoms with Crippen LogP contribution in [0.5, 0.6) is 5.75 Å². The van der Waals surface area contributed by atoms with Crippen LogP contribution in [0.15, 0.2) is 23.1 Å². The minimum Gasteiger partial charge on any atom is -0.479 e. The van der Waals surface area contributed by atoms with E-state index in [1.165, 1.54) is 12.1 Å². The van der Waals surface area contributed by atoms with Gasteiger partial charge in [0.05, 0.1) is 16.7 Å². The molecular formula is C15H22N2O5S. The molecule has 2 N–H and O–H groups in total. The van der Waals surface area contributed by atoms with Crippen LogP contribution in [0.25, 0.3) is 0 Å². The molecule has 0 spiro atoms. The predicted molar refractivity (Wildman–Crippen MR) is 86.1 cm³/mol. The minimum atomic E-state index is -3.64. The van der Waals surface area contributed by atoms with Crippen LogP contribution in [0.2, 0.25) is 0 Å². The second-order valence-corrected chi connectivity index (χ2v) is 7.35. The minimum absolute atomic E-state index is 0.0829. The lowest BCUT2D eigenvalue weighted by Crippen LogP contribution is -2.34. The summed E-state index contributed by atoms with van der Waals surface area (Å²) in [5.74, 6) is 0.159. The van der Waals surface area contributed by atoms with Gasteiger partial charge in [-0.2, -0.15) is 0 Å². The Kier molecular flexibility index (Phi) is 5.61. The molecule has 128 valence electrons. The molecule has 1 atom stereocenters. The molecule has 0 radical (unpaired) electrons. The SMILES string of the molecule is CC(C)OCCCNS(=O)(=O)c1ccc2c(c1)NC(=O)[C@H](C)O2. The topological polar surface area (TPSA) is 93.7 Å². The van der Waals surface area contributed by atoms with E-state index in [2.05, 4.69) is 10.0 Å². The maximum atomic E-state index is 12.3. The molecule has 23 heavy (non-hydrogen) atoms. The summed E-state index contributed by atoms with van der Waals surface area (Å²) >= 11 is 0. The predicted octanol–water partition coefficient (Wildman–Crippen LogP) is 1.50. The Morgan fingerprint density at radius 1 is 1.39 bits per heavy atom. The number of carbonyl (C=O) groups is 1. The van der Waals surface area contributed by atoms with Crippen molar-refractivity contribution in [2.24, 2.45) is 0 Å². The Balaban J connectivity index is 2.00. The summed E-state index contributed by atoms with van der Waals surface area (Å²) in [6.07, 6.45) is 0.113. The smallest absolute Gasteiger partial charge is 0.265 e. The van der Waals surface area contributed by atoms with Gasteiger partial charge < -0.3 is 14.8 Å². The summed E-state index contributed by atoms with van der Waals surface area (Å²) in [6, 6.07) is 4.39. The highest BCUT2D eigenvalue weighted by molar-refractivity contribution is 7.89. The molecule has 0 fully saturated rings. The molecule has 1 aromatic carbocycles. The first-order valence-electron chi connectivity index (χ1n) is 7.52. The zero-order valence-electron chi connectivity index (χ0n) is 13.5. The molecule has 8 heteroatoms. The van der Waals surface area contributed by atoms with Crippen molar-refractivity contribution in [2.45, 2.75) is 44.3 Å². The molecule has 0 aromatic heterocycles. The molecule has 0 bridgehead atoms. The van der Waals surface area contributed by atoms with Gasteiger partial charge in [-0.25, -0.2) is 13.1 Å². The van der Waals surface area contributed by atoms with Crippen LogP contribution < -0.4 is 14.8 Å². The van der Waals surface area contributed by atoms with Crippen molar-refractivity contribution in [1.29, 1.82) is 0 Å². The van der Waals surface area contributed by atoms with Crippen LogP contribution in [0, 0.1) is 0 Å². The van der Waals surface area contributed by atoms with Crippen molar-refractivity contribution in [1.82, 2.24) is 4.72 Å². The fraction of sp³-hybridized carbons (Fsp3) is 0.533. The van der Waals surface area contributed by atoms with Crippen molar-refractivity contribution in [3.8, 4) is 5.75 Å². The molecule has 1 aliphatic heterocycles. The summed E-state index contributed by atoms with van der Waals surface area (Å²) in [5.41, 5.74) is 0.360. The number of nitrogens with one attached hydrogen (secondary N) is 2. The summed E-state index contributed by atoms with van der Waals surface area (Å²) < 4.78 is 37.8. The van der Waals surface area contributed by atoms with Gasteiger partial charge in [-0.1, -0.05) is 0 Å². The van der Waals surface area contributed by atoms with Gasteiger partial charge >= 0.3 is 0 Å². The summed E-state index contributed by atoms with van der Waals surface area (Å²) in [7, 11) is -3.64. The van der Waals surface area contributed by atoms with Crippen LogP contribution in [-0.4, -0.2) is 39.7 Å². The fourth-order valence-electron chi connectivity index (χ4n) is 2.04. The van der Waals surface area contributed by atoms with Crippen molar-refractivity contribution < 1.29 is 22.7 Å². The van der Waals surface area contributed by atoms with Gasteiger partial charge in [0.2, 0.25) is 10.0 Å². The quantitative estimate of drug-likeness (QED) is 0.733. The van der Waals surface area contributed by atoms with Crippen LogP contribution >= 0.6 is 0 Å². The second kappa shape index (κ2) is 7.29. The maximum Gasteiger partial charge on any atom is 0.265 e. The molecule has 1 aromatic rings. The number of rotatable bonds is 7. The third-order valence-electron chi connectivity index (χ3n) is 3.26. The molecule has 0 saturated carbocycles. The number of amides is 1. The zero-order valence-corrected chi connectivity index (χ0v) is 14.3. The summed E-state index contributed by atoms with van der Waals surface area (Å²) in [5, 5.41) is 2.63. The molecule has 1 heterocycles. The number of benzene rings is 1. The van der Waals surface area contributed by atoms with Crippen molar-refractivity contribution >= 4 is 21.6 Å². The van der Waals surface area contributed by atoms with Crippen molar-refractivity contribution in [3.05, 3.63) is 18.2 Å². The van der Waals surface area contributed by atoms with E-state index in [9.17, 15) is 13.2 Å². The van der Waals surface area contributed by atoms with E-state index >= 15 is 0 Å². The first-order valence-corrected chi connectivity index (χ1v) is 9.01. The number of ether oxygens (including phenoxy) is 2. The fourth-order valence-corrected chi connectivity index (χ4v) is 3.14. The number of hydrogen-bond donors (Lipinski definition) is 2. The molecule has 7 nitrogen and oxygen atoms in total. The van der Waals surface area contributed by atoms with E-state index in [1.54, 1.807) is 13.0 Å². The Labute approximate surface area is 136 Å². The normalized spacial score (nSPS) is 17.6. The van der Waals surface area contributed by atoms with E-state index < -0.39 is 16.1 Å². The van der Waals surface area contributed by atoms with E-state index in [0.29, 0.717) is 24.5 Å². The lowest BCUT2D eigenvalue weighted by molar-refractivity contribution is -0.122. The average molecular weight is 342 g/mol. The number of hydrogen-bond acceptors (Lipinski definition) is 5. The Bertz CT molecular complexity index is 672. The molecule has 2 rings (SSSR count). The standard InChI is InChI=1S/C15H22N2O5S/c1-10(2)21-8-4-7-16-23(19,20)12-5-6-14-13(9-12)17-15(18)11(3)22-14/h5-6,9-11,16H,4,7-8H2,1-3H3,(H,17,18)/t11-/m0/s1. The van der Waals surface area contributed by atoms with Crippen molar-refractivity contribution in [3.63, 3.8) is 0 Å². The highest BCUT2D eigenvalue weighted by Gasteiger charge is 2.25. The lowest BCUT2D eigenvalue weighted by Gasteiger charge is -2.23. The monoisotopic (exact) mass is 342 g/mol. The third-order valence-corrected chi connectivity index (χ3v) is 4.72. The molecule has 0 aliphatic carbocycles. The number of anilines is 1. The van der Waals surface area contributed by atoms with Gasteiger partial charge in [-0.05, 0) is 45.4 Å². The molecule has 1 aliphatic rings. The van der Waals surface area contributed by atoms with E-state index in [4.69, 9.17) is 9.47 Å². The van der Waals surface area contributed by atoms with Crippen LogP contribution in [0.1, 0.15) is 27.2 Å². The van der Waals surface area contributed by atoms with Gasteiger partial charge in [-0.15, -0.1) is 0 Å². The van der Waals surface area contributed by atoms with E-state index in [1.807, 2.05) is 13.8 Å². The molecule has 0 saturated heterocycles. The van der Waals surface area contributed by atoms with Crippen LogP contribution in [0.4, 0.5) is 5.69 Å². The first kappa shape index (κ1) is 17.7. The maximum absolute atomic E-state index is 12.3.